The molecule has 0 N–H and O–H groups in total. The van der Waals surface area contributed by atoms with E-state index in [0.717, 1.165) is 0 Å². The smallest absolute Gasteiger partial charge is 0.410 e. The fourth-order valence-corrected chi connectivity index (χ4v) is 5.38. The third-order valence-electron chi connectivity index (χ3n) is 7.36. The number of alkyl halides is 1. The van der Waals surface area contributed by atoms with Crippen molar-refractivity contribution in [3.63, 3.8) is 0 Å². The summed E-state index contributed by atoms with van der Waals surface area (Å²) in [6, 6.07) is 18.6. The lowest BCUT2D eigenvalue weighted by Crippen LogP contribution is -2.59. The van der Waals surface area contributed by atoms with E-state index >= 15 is 0 Å². The Bertz CT molecular complexity index is 1460. The van der Waals surface area contributed by atoms with Crippen molar-refractivity contribution in [3.8, 4) is 11.5 Å². The standard InChI is InChI=1S/C34H39ClFN3O5/c1-6-26-22-37(18-19-38(26)33(42)44-34(3,4)5)32(41)31(24-12-14-25(36)15-13-24)39(30(40)21-35)29-17-16-28(20-23(29)2)43-27-10-8-7-9-11-27/h7-17,20,26,31H,6,18-19,21-22H2,1-5H3/t26-,31-/m1/s1. The predicted molar refractivity (Wildman–Crippen MR) is 169 cm³/mol. The first-order valence-electron chi connectivity index (χ1n) is 14.7. The molecule has 1 saturated heterocycles. The summed E-state index contributed by atoms with van der Waals surface area (Å²) in [6.07, 6.45) is 0.162. The second kappa shape index (κ2) is 14.1. The van der Waals surface area contributed by atoms with E-state index in [1.165, 1.54) is 29.2 Å². The molecule has 0 saturated carbocycles. The van der Waals surface area contributed by atoms with Crippen LogP contribution in [-0.4, -0.2) is 64.9 Å². The largest absolute Gasteiger partial charge is 0.457 e. The molecule has 4 rings (SSSR count). The van der Waals surface area contributed by atoms with E-state index < -0.39 is 29.5 Å². The number of para-hydroxylation sites is 1. The van der Waals surface area contributed by atoms with E-state index in [-0.39, 0.29) is 37.5 Å². The highest BCUT2D eigenvalue weighted by Crippen LogP contribution is 2.35. The van der Waals surface area contributed by atoms with Crippen LogP contribution in [0.5, 0.6) is 11.5 Å². The number of ether oxygens (including phenoxy) is 2. The SMILES string of the molecule is CC[C@@H]1CN(C(=O)[C@@H](c2ccc(F)cc2)N(C(=O)CCl)c2ccc(Oc3ccccc3)cc2C)CCN1C(=O)OC(C)(C)C. The highest BCUT2D eigenvalue weighted by Gasteiger charge is 2.40. The maximum absolute atomic E-state index is 14.4. The van der Waals surface area contributed by atoms with Crippen molar-refractivity contribution in [1.29, 1.82) is 0 Å². The number of carbonyl (C=O) groups excluding carboxylic acids is 3. The van der Waals surface area contributed by atoms with Crippen molar-refractivity contribution in [2.24, 2.45) is 0 Å². The van der Waals surface area contributed by atoms with Gasteiger partial charge in [-0.1, -0.05) is 37.3 Å². The minimum atomic E-state index is -1.13. The predicted octanol–water partition coefficient (Wildman–Crippen LogP) is 7.10. The summed E-state index contributed by atoms with van der Waals surface area (Å²) in [7, 11) is 0. The van der Waals surface area contributed by atoms with Crippen LogP contribution >= 0.6 is 11.6 Å². The highest BCUT2D eigenvalue weighted by molar-refractivity contribution is 6.30. The van der Waals surface area contributed by atoms with E-state index in [1.54, 1.807) is 28.0 Å². The van der Waals surface area contributed by atoms with E-state index in [4.69, 9.17) is 21.1 Å². The van der Waals surface area contributed by atoms with Gasteiger partial charge >= 0.3 is 6.09 Å². The van der Waals surface area contributed by atoms with Gasteiger partial charge in [-0.05, 0) is 87.7 Å². The van der Waals surface area contributed by atoms with Crippen molar-refractivity contribution in [3.05, 3.63) is 89.7 Å². The number of aryl methyl sites for hydroxylation is 1. The van der Waals surface area contributed by atoms with Gasteiger partial charge in [0, 0.05) is 25.3 Å². The number of amides is 3. The van der Waals surface area contributed by atoms with Crippen LogP contribution < -0.4 is 9.64 Å². The first-order chi connectivity index (χ1) is 20.9. The van der Waals surface area contributed by atoms with Crippen LogP contribution in [0.1, 0.15) is 51.3 Å². The number of carbonyl (C=O) groups is 3. The van der Waals surface area contributed by atoms with Crippen molar-refractivity contribution in [1.82, 2.24) is 9.80 Å². The fourth-order valence-electron chi connectivity index (χ4n) is 5.25. The number of nitrogens with zero attached hydrogens (tertiary/aromatic N) is 3. The molecule has 0 spiro atoms. The highest BCUT2D eigenvalue weighted by atomic mass is 35.5. The zero-order valence-corrected chi connectivity index (χ0v) is 26.5. The second-order valence-electron chi connectivity index (χ2n) is 11.7. The maximum Gasteiger partial charge on any atom is 0.410 e. The summed E-state index contributed by atoms with van der Waals surface area (Å²) in [5.74, 6) is -0.481. The van der Waals surface area contributed by atoms with Gasteiger partial charge in [-0.3, -0.25) is 14.5 Å². The minimum Gasteiger partial charge on any atom is -0.457 e. The van der Waals surface area contributed by atoms with Crippen LogP contribution in [0.2, 0.25) is 0 Å². The van der Waals surface area contributed by atoms with Crippen LogP contribution in [0, 0.1) is 12.7 Å². The van der Waals surface area contributed by atoms with Crippen LogP contribution in [0.25, 0.3) is 0 Å². The molecule has 8 nitrogen and oxygen atoms in total. The summed E-state index contributed by atoms with van der Waals surface area (Å²) in [5, 5.41) is 0. The molecule has 0 radical (unpaired) electrons. The van der Waals surface area contributed by atoms with E-state index in [9.17, 15) is 18.8 Å². The lowest BCUT2D eigenvalue weighted by molar-refractivity contribution is -0.137. The Balaban J connectivity index is 1.69. The minimum absolute atomic E-state index is 0.234. The number of rotatable bonds is 8. The molecular weight excluding hydrogens is 585 g/mol. The van der Waals surface area contributed by atoms with Gasteiger partial charge in [-0.15, -0.1) is 11.6 Å². The molecule has 2 atom stereocenters. The Morgan fingerprint density at radius 3 is 2.27 bits per heavy atom. The van der Waals surface area contributed by atoms with Gasteiger partial charge in [0.25, 0.3) is 5.91 Å². The lowest BCUT2D eigenvalue weighted by atomic mass is 9.99. The van der Waals surface area contributed by atoms with Crippen molar-refractivity contribution in [2.45, 2.75) is 58.7 Å². The van der Waals surface area contributed by atoms with Gasteiger partial charge in [-0.25, -0.2) is 9.18 Å². The van der Waals surface area contributed by atoms with Crippen LogP contribution in [0.4, 0.5) is 14.9 Å². The molecule has 0 bridgehead atoms. The molecule has 3 amide bonds. The Labute approximate surface area is 263 Å². The molecule has 1 fully saturated rings. The van der Waals surface area contributed by atoms with Gasteiger partial charge in [-0.2, -0.15) is 0 Å². The molecule has 1 aliphatic rings. The third kappa shape index (κ3) is 7.88. The zero-order chi connectivity index (χ0) is 32.0. The van der Waals surface area contributed by atoms with Crippen molar-refractivity contribution >= 4 is 35.2 Å². The molecule has 3 aromatic rings. The van der Waals surface area contributed by atoms with Gasteiger partial charge in [0.2, 0.25) is 5.91 Å². The number of benzene rings is 3. The van der Waals surface area contributed by atoms with Gasteiger partial charge < -0.3 is 19.3 Å². The molecule has 0 aromatic heterocycles. The molecule has 10 heteroatoms. The molecule has 0 aliphatic carbocycles. The average molecular weight is 624 g/mol. The first kappa shape index (κ1) is 32.8. The number of hydrogen-bond donors (Lipinski definition) is 0. The summed E-state index contributed by atoms with van der Waals surface area (Å²) in [4.78, 5) is 45.6. The molecule has 3 aromatic carbocycles. The summed E-state index contributed by atoms with van der Waals surface area (Å²) < 4.78 is 25.6. The molecular formula is C34H39ClFN3O5. The van der Waals surface area contributed by atoms with Gasteiger partial charge in [0.1, 0.15) is 34.8 Å². The van der Waals surface area contributed by atoms with E-state index in [0.29, 0.717) is 34.7 Å². The molecule has 0 unspecified atom stereocenters. The quantitative estimate of drug-likeness (QED) is 0.250. The Morgan fingerprint density at radius 1 is 1.00 bits per heavy atom. The third-order valence-corrected chi connectivity index (χ3v) is 7.59. The second-order valence-corrected chi connectivity index (χ2v) is 12.0. The maximum atomic E-state index is 14.4. The molecule has 1 heterocycles. The average Bonchev–Trinajstić information content (AvgIpc) is 2.99. The molecule has 1 aliphatic heterocycles. The van der Waals surface area contributed by atoms with E-state index in [2.05, 4.69) is 0 Å². The van der Waals surface area contributed by atoms with Gasteiger partial charge in [0.15, 0.2) is 0 Å². The monoisotopic (exact) mass is 623 g/mol. The van der Waals surface area contributed by atoms with Crippen LogP contribution in [0.15, 0.2) is 72.8 Å². The number of hydrogen-bond acceptors (Lipinski definition) is 5. The summed E-state index contributed by atoms with van der Waals surface area (Å²) in [6.45, 7) is 9.94. The van der Waals surface area contributed by atoms with Crippen molar-refractivity contribution < 1.29 is 28.2 Å². The Kier molecular flexibility index (Phi) is 10.5. The number of halogens is 2. The number of piperazine rings is 1. The number of anilines is 1. The van der Waals surface area contributed by atoms with E-state index in [1.807, 2.05) is 65.0 Å². The van der Waals surface area contributed by atoms with Crippen LogP contribution in [-0.2, 0) is 14.3 Å². The van der Waals surface area contributed by atoms with Crippen LogP contribution in [0.3, 0.4) is 0 Å². The van der Waals surface area contributed by atoms with Gasteiger partial charge in [0.05, 0.1) is 6.04 Å². The normalized spacial score (nSPS) is 15.8. The molecule has 234 valence electrons. The fraction of sp³-hybridized carbons (Fsp3) is 0.382. The summed E-state index contributed by atoms with van der Waals surface area (Å²) in [5.41, 5.74) is 0.926. The topological polar surface area (TPSA) is 79.4 Å². The lowest BCUT2D eigenvalue weighted by Gasteiger charge is -2.43. The van der Waals surface area contributed by atoms with Crippen molar-refractivity contribution in [2.75, 3.05) is 30.4 Å². The zero-order valence-electron chi connectivity index (χ0n) is 25.8. The summed E-state index contributed by atoms with van der Waals surface area (Å²) >= 11 is 6.13. The first-order valence-corrected chi connectivity index (χ1v) is 15.2. The Hall–Kier alpha value is -4.11. The Morgan fingerprint density at radius 2 is 1.68 bits per heavy atom. The molecule has 44 heavy (non-hydrogen) atoms.